The molecule has 0 aliphatic heterocycles. The Balaban J connectivity index is 1.97. The van der Waals surface area contributed by atoms with Crippen LogP contribution in [0.1, 0.15) is 41.8 Å². The van der Waals surface area contributed by atoms with E-state index in [0.29, 0.717) is 11.5 Å². The third kappa shape index (κ3) is 3.27. The second-order valence-corrected chi connectivity index (χ2v) is 6.24. The van der Waals surface area contributed by atoms with Crippen LogP contribution in [0, 0.1) is 12.8 Å². The number of carbonyl (C=O) groups is 1. The average molecular weight is 319 g/mol. The lowest BCUT2D eigenvalue weighted by Crippen LogP contribution is -2.32. The lowest BCUT2D eigenvalue weighted by atomic mass is 9.96. The Labute approximate surface area is 142 Å². The molecule has 4 heteroatoms. The van der Waals surface area contributed by atoms with Gasteiger partial charge in [-0.2, -0.15) is 0 Å². The molecule has 1 heterocycles. The fourth-order valence-corrected chi connectivity index (χ4v) is 2.87. The molecule has 1 amide bonds. The molecule has 0 fully saturated rings. The lowest BCUT2D eigenvalue weighted by molar-refractivity contribution is 0.0922. The SMILES string of the molecule is Cc1nc(C(=O)NC(c2ccccc2)C(C)C)c2ccccc2n1. The van der Waals surface area contributed by atoms with Crippen molar-refractivity contribution in [2.45, 2.75) is 26.8 Å². The largest absolute Gasteiger partial charge is 0.344 e. The number of aryl methyl sites for hydroxylation is 1. The Kier molecular flexibility index (Phi) is 4.56. The normalized spacial score (nSPS) is 12.3. The maximum absolute atomic E-state index is 12.9. The van der Waals surface area contributed by atoms with E-state index in [9.17, 15) is 4.79 Å². The van der Waals surface area contributed by atoms with E-state index in [1.165, 1.54) is 0 Å². The quantitative estimate of drug-likeness (QED) is 0.789. The molecule has 4 nitrogen and oxygen atoms in total. The molecule has 1 atom stereocenters. The van der Waals surface area contributed by atoms with Crippen molar-refractivity contribution in [3.05, 3.63) is 71.7 Å². The second-order valence-electron chi connectivity index (χ2n) is 6.24. The van der Waals surface area contributed by atoms with Gasteiger partial charge in [0.2, 0.25) is 0 Å². The summed E-state index contributed by atoms with van der Waals surface area (Å²) in [6, 6.07) is 17.6. The molecule has 0 bridgehead atoms. The highest BCUT2D eigenvalue weighted by Crippen LogP contribution is 2.23. The molecule has 0 radical (unpaired) electrons. The standard InChI is InChI=1S/C20H21N3O/c1-13(2)18(15-9-5-4-6-10-15)23-20(24)19-16-11-7-8-12-17(16)21-14(3)22-19/h4-13,18H,1-3H3,(H,23,24). The zero-order valence-corrected chi connectivity index (χ0v) is 14.2. The molecule has 1 unspecified atom stereocenters. The van der Waals surface area contributed by atoms with Crippen molar-refractivity contribution in [2.75, 3.05) is 0 Å². The Morgan fingerprint density at radius 1 is 0.958 bits per heavy atom. The lowest BCUT2D eigenvalue weighted by Gasteiger charge is -2.23. The van der Waals surface area contributed by atoms with Gasteiger partial charge < -0.3 is 5.32 Å². The van der Waals surface area contributed by atoms with Gasteiger partial charge in [-0.15, -0.1) is 0 Å². The van der Waals surface area contributed by atoms with Crippen molar-refractivity contribution in [1.82, 2.24) is 15.3 Å². The molecule has 1 aromatic heterocycles. The number of hydrogen-bond donors (Lipinski definition) is 1. The van der Waals surface area contributed by atoms with Crippen LogP contribution in [0.3, 0.4) is 0 Å². The van der Waals surface area contributed by atoms with Crippen molar-refractivity contribution < 1.29 is 4.79 Å². The van der Waals surface area contributed by atoms with E-state index in [0.717, 1.165) is 16.5 Å². The highest BCUT2D eigenvalue weighted by Gasteiger charge is 2.21. The van der Waals surface area contributed by atoms with E-state index in [2.05, 4.69) is 29.1 Å². The van der Waals surface area contributed by atoms with E-state index in [4.69, 9.17) is 0 Å². The van der Waals surface area contributed by atoms with Gasteiger partial charge in [0.15, 0.2) is 0 Å². The van der Waals surface area contributed by atoms with Crippen LogP contribution in [0.25, 0.3) is 10.9 Å². The number of carbonyl (C=O) groups excluding carboxylic acids is 1. The smallest absolute Gasteiger partial charge is 0.271 e. The van der Waals surface area contributed by atoms with E-state index in [1.807, 2.05) is 54.6 Å². The maximum atomic E-state index is 12.9. The molecular weight excluding hydrogens is 298 g/mol. The van der Waals surface area contributed by atoms with Crippen molar-refractivity contribution >= 4 is 16.8 Å². The monoisotopic (exact) mass is 319 g/mol. The number of amides is 1. The van der Waals surface area contributed by atoms with Gasteiger partial charge in [-0.25, -0.2) is 9.97 Å². The summed E-state index contributed by atoms with van der Waals surface area (Å²) in [7, 11) is 0. The zero-order chi connectivity index (χ0) is 17.1. The number of hydrogen-bond acceptors (Lipinski definition) is 3. The fourth-order valence-electron chi connectivity index (χ4n) is 2.87. The summed E-state index contributed by atoms with van der Waals surface area (Å²) in [5.41, 5.74) is 2.31. The average Bonchev–Trinajstić information content (AvgIpc) is 2.59. The molecule has 1 N–H and O–H groups in total. The first-order valence-electron chi connectivity index (χ1n) is 8.15. The Hall–Kier alpha value is -2.75. The predicted octanol–water partition coefficient (Wildman–Crippen LogP) is 4.07. The number of nitrogens with one attached hydrogen (secondary N) is 1. The first-order chi connectivity index (χ1) is 11.6. The van der Waals surface area contributed by atoms with Crippen LogP contribution in [0.5, 0.6) is 0 Å². The van der Waals surface area contributed by atoms with Crippen LogP contribution < -0.4 is 5.32 Å². The molecule has 24 heavy (non-hydrogen) atoms. The van der Waals surface area contributed by atoms with Crippen LogP contribution in [0.4, 0.5) is 0 Å². The third-order valence-corrected chi connectivity index (χ3v) is 4.04. The topological polar surface area (TPSA) is 54.9 Å². The summed E-state index contributed by atoms with van der Waals surface area (Å²) in [4.78, 5) is 21.7. The number of nitrogens with zero attached hydrogens (tertiary/aromatic N) is 2. The minimum absolute atomic E-state index is 0.0623. The number of para-hydroxylation sites is 1. The van der Waals surface area contributed by atoms with Crippen molar-refractivity contribution in [2.24, 2.45) is 5.92 Å². The summed E-state index contributed by atoms with van der Waals surface area (Å²) in [6.45, 7) is 6.00. The van der Waals surface area contributed by atoms with Crippen LogP contribution >= 0.6 is 0 Å². The molecule has 0 spiro atoms. The van der Waals surface area contributed by atoms with Crippen molar-refractivity contribution in [3.63, 3.8) is 0 Å². The molecule has 3 aromatic rings. The second kappa shape index (κ2) is 6.79. The van der Waals surface area contributed by atoms with Crippen LogP contribution in [0.15, 0.2) is 54.6 Å². The molecule has 0 aliphatic carbocycles. The molecule has 0 aliphatic rings. The third-order valence-electron chi connectivity index (χ3n) is 4.04. The predicted molar refractivity (Wildman–Crippen MR) is 95.8 cm³/mol. The summed E-state index contributed by atoms with van der Waals surface area (Å²) < 4.78 is 0. The summed E-state index contributed by atoms with van der Waals surface area (Å²) in [5, 5.41) is 3.91. The Bertz CT molecular complexity index is 859. The van der Waals surface area contributed by atoms with Crippen molar-refractivity contribution in [1.29, 1.82) is 0 Å². The van der Waals surface area contributed by atoms with E-state index >= 15 is 0 Å². The zero-order valence-electron chi connectivity index (χ0n) is 14.2. The molecule has 2 aromatic carbocycles. The van der Waals surface area contributed by atoms with E-state index in [-0.39, 0.29) is 17.9 Å². The van der Waals surface area contributed by atoms with Gasteiger partial charge in [-0.05, 0) is 24.5 Å². The maximum Gasteiger partial charge on any atom is 0.271 e. The minimum atomic E-state index is -0.167. The van der Waals surface area contributed by atoms with Gasteiger partial charge >= 0.3 is 0 Å². The highest BCUT2D eigenvalue weighted by atomic mass is 16.1. The van der Waals surface area contributed by atoms with Gasteiger partial charge in [-0.1, -0.05) is 62.4 Å². The van der Waals surface area contributed by atoms with E-state index in [1.54, 1.807) is 6.92 Å². The summed E-state index contributed by atoms with van der Waals surface area (Å²) in [6.07, 6.45) is 0. The molecule has 122 valence electrons. The molecular formula is C20H21N3O. The number of benzene rings is 2. The minimum Gasteiger partial charge on any atom is -0.344 e. The highest BCUT2D eigenvalue weighted by molar-refractivity contribution is 6.04. The van der Waals surface area contributed by atoms with Gasteiger partial charge in [-0.3, -0.25) is 4.79 Å². The summed E-state index contributed by atoms with van der Waals surface area (Å²) in [5.74, 6) is 0.699. The molecule has 0 saturated carbocycles. The van der Waals surface area contributed by atoms with Crippen LogP contribution in [0.2, 0.25) is 0 Å². The Morgan fingerprint density at radius 2 is 1.62 bits per heavy atom. The Morgan fingerprint density at radius 3 is 2.33 bits per heavy atom. The van der Waals surface area contributed by atoms with E-state index < -0.39 is 0 Å². The first kappa shape index (κ1) is 16.1. The van der Waals surface area contributed by atoms with Gasteiger partial charge in [0.25, 0.3) is 5.91 Å². The molecule has 0 saturated heterocycles. The number of rotatable bonds is 4. The van der Waals surface area contributed by atoms with Gasteiger partial charge in [0.05, 0.1) is 11.6 Å². The van der Waals surface area contributed by atoms with Crippen LogP contribution in [-0.4, -0.2) is 15.9 Å². The molecule has 3 rings (SSSR count). The van der Waals surface area contributed by atoms with Gasteiger partial charge in [0, 0.05) is 5.39 Å². The first-order valence-corrected chi connectivity index (χ1v) is 8.15. The number of aromatic nitrogens is 2. The van der Waals surface area contributed by atoms with Crippen molar-refractivity contribution in [3.8, 4) is 0 Å². The van der Waals surface area contributed by atoms with Crippen LogP contribution in [-0.2, 0) is 0 Å². The number of fused-ring (bicyclic) bond motifs is 1. The summed E-state index contributed by atoms with van der Waals surface area (Å²) >= 11 is 0. The fraction of sp³-hybridized carbons (Fsp3) is 0.250. The van der Waals surface area contributed by atoms with Gasteiger partial charge in [0.1, 0.15) is 11.5 Å².